The first-order valence-electron chi connectivity index (χ1n) is 3.72. The SMILES string of the molecule is Cc1cc(C=O)sc1-n1cnnc1. The van der Waals surface area contributed by atoms with Crippen LogP contribution < -0.4 is 0 Å². The van der Waals surface area contributed by atoms with Crippen molar-refractivity contribution in [2.75, 3.05) is 0 Å². The third kappa shape index (κ3) is 1.38. The van der Waals surface area contributed by atoms with Crippen molar-refractivity contribution in [2.45, 2.75) is 6.92 Å². The van der Waals surface area contributed by atoms with E-state index in [4.69, 9.17) is 0 Å². The van der Waals surface area contributed by atoms with E-state index < -0.39 is 0 Å². The molecule has 2 heterocycles. The molecular formula is C8H7N3OS. The number of rotatable bonds is 2. The number of aldehydes is 1. The molecule has 2 aromatic rings. The highest BCUT2D eigenvalue weighted by Gasteiger charge is 2.06. The zero-order valence-corrected chi connectivity index (χ0v) is 7.78. The molecule has 0 amide bonds. The Hall–Kier alpha value is -1.49. The van der Waals surface area contributed by atoms with Gasteiger partial charge in [0.05, 0.1) is 4.88 Å². The highest BCUT2D eigenvalue weighted by atomic mass is 32.1. The topological polar surface area (TPSA) is 47.8 Å². The monoisotopic (exact) mass is 193 g/mol. The van der Waals surface area contributed by atoms with Crippen LogP contribution in [0.5, 0.6) is 0 Å². The maximum atomic E-state index is 10.5. The summed E-state index contributed by atoms with van der Waals surface area (Å²) in [4.78, 5) is 11.2. The van der Waals surface area contributed by atoms with Gasteiger partial charge in [-0.2, -0.15) is 0 Å². The molecule has 13 heavy (non-hydrogen) atoms. The first-order chi connectivity index (χ1) is 6.31. The van der Waals surface area contributed by atoms with Crippen molar-refractivity contribution < 1.29 is 4.79 Å². The molecule has 0 aliphatic carbocycles. The number of aromatic nitrogens is 3. The lowest BCUT2D eigenvalue weighted by Crippen LogP contribution is -1.86. The lowest BCUT2D eigenvalue weighted by atomic mass is 10.3. The molecule has 4 nitrogen and oxygen atoms in total. The predicted molar refractivity (Wildman–Crippen MR) is 49.4 cm³/mol. The van der Waals surface area contributed by atoms with E-state index in [2.05, 4.69) is 10.2 Å². The fraction of sp³-hybridized carbons (Fsp3) is 0.125. The summed E-state index contributed by atoms with van der Waals surface area (Å²) in [7, 11) is 0. The lowest BCUT2D eigenvalue weighted by Gasteiger charge is -1.95. The smallest absolute Gasteiger partial charge is 0.160 e. The van der Waals surface area contributed by atoms with Crippen LogP contribution in [0, 0.1) is 6.92 Å². The van der Waals surface area contributed by atoms with E-state index in [0.717, 1.165) is 21.7 Å². The van der Waals surface area contributed by atoms with Gasteiger partial charge in [0.15, 0.2) is 6.29 Å². The Morgan fingerprint density at radius 3 is 2.69 bits per heavy atom. The highest BCUT2D eigenvalue weighted by molar-refractivity contribution is 7.16. The Kier molecular flexibility index (Phi) is 1.94. The van der Waals surface area contributed by atoms with Gasteiger partial charge in [0.25, 0.3) is 0 Å². The summed E-state index contributed by atoms with van der Waals surface area (Å²) in [5.74, 6) is 0. The molecule has 2 rings (SSSR count). The lowest BCUT2D eigenvalue weighted by molar-refractivity contribution is 0.112. The van der Waals surface area contributed by atoms with Crippen LogP contribution in [0.25, 0.3) is 5.00 Å². The van der Waals surface area contributed by atoms with Crippen LogP contribution in [0.1, 0.15) is 15.2 Å². The quantitative estimate of drug-likeness (QED) is 0.678. The molecule has 5 heteroatoms. The maximum Gasteiger partial charge on any atom is 0.160 e. The van der Waals surface area contributed by atoms with Crippen molar-refractivity contribution in [2.24, 2.45) is 0 Å². The highest BCUT2D eigenvalue weighted by Crippen LogP contribution is 2.23. The zero-order valence-electron chi connectivity index (χ0n) is 6.97. The second kappa shape index (κ2) is 3.10. The van der Waals surface area contributed by atoms with Crippen LogP contribution in [-0.2, 0) is 0 Å². The molecule has 66 valence electrons. The Balaban J connectivity index is 2.52. The van der Waals surface area contributed by atoms with Crippen molar-refractivity contribution in [3.05, 3.63) is 29.2 Å². The summed E-state index contributed by atoms with van der Waals surface area (Å²) < 4.78 is 1.80. The third-order valence-electron chi connectivity index (χ3n) is 1.68. The minimum Gasteiger partial charge on any atom is -0.297 e. The van der Waals surface area contributed by atoms with Gasteiger partial charge in [-0.1, -0.05) is 0 Å². The third-order valence-corrected chi connectivity index (χ3v) is 2.86. The van der Waals surface area contributed by atoms with Crippen LogP contribution in [-0.4, -0.2) is 21.1 Å². The molecule has 0 N–H and O–H groups in total. The largest absolute Gasteiger partial charge is 0.297 e. The standard InChI is InChI=1S/C8H7N3OS/c1-6-2-7(3-12)13-8(6)11-4-9-10-5-11/h2-5H,1H3. The Morgan fingerprint density at radius 1 is 1.46 bits per heavy atom. The Bertz CT molecular complexity index is 419. The number of carbonyl (C=O) groups excluding carboxylic acids is 1. The molecule has 0 aromatic carbocycles. The van der Waals surface area contributed by atoms with Gasteiger partial charge < -0.3 is 0 Å². The van der Waals surface area contributed by atoms with Crippen LogP contribution in [0.2, 0.25) is 0 Å². The maximum absolute atomic E-state index is 10.5. The second-order valence-electron chi connectivity index (χ2n) is 2.62. The molecule has 0 saturated carbocycles. The molecule has 0 aliphatic rings. The second-order valence-corrected chi connectivity index (χ2v) is 3.69. The molecule has 0 unspecified atom stereocenters. The Morgan fingerprint density at radius 2 is 2.15 bits per heavy atom. The van der Waals surface area contributed by atoms with E-state index in [-0.39, 0.29) is 0 Å². The average molecular weight is 193 g/mol. The minimum atomic E-state index is 0.723. The first kappa shape index (κ1) is 8.12. The number of hydrogen-bond donors (Lipinski definition) is 0. The molecule has 0 spiro atoms. The fourth-order valence-electron chi connectivity index (χ4n) is 1.12. The normalized spacial score (nSPS) is 10.2. The summed E-state index contributed by atoms with van der Waals surface area (Å²) in [6.45, 7) is 1.96. The number of aryl methyl sites for hydroxylation is 1. The minimum absolute atomic E-state index is 0.723. The van der Waals surface area contributed by atoms with E-state index in [0.29, 0.717) is 0 Å². The molecule has 0 aliphatic heterocycles. The summed E-state index contributed by atoms with van der Waals surface area (Å²) in [5, 5.41) is 8.40. The summed E-state index contributed by atoms with van der Waals surface area (Å²) in [5.41, 5.74) is 1.06. The van der Waals surface area contributed by atoms with Crippen molar-refractivity contribution in [3.63, 3.8) is 0 Å². The van der Waals surface area contributed by atoms with Gasteiger partial charge in [0.2, 0.25) is 0 Å². The van der Waals surface area contributed by atoms with E-state index in [1.165, 1.54) is 11.3 Å². The van der Waals surface area contributed by atoms with Gasteiger partial charge in [-0.25, -0.2) is 0 Å². The van der Waals surface area contributed by atoms with Crippen LogP contribution in [0.15, 0.2) is 18.7 Å². The van der Waals surface area contributed by atoms with Gasteiger partial charge in [0, 0.05) is 0 Å². The van der Waals surface area contributed by atoms with Crippen LogP contribution in [0.4, 0.5) is 0 Å². The number of nitrogens with zero attached hydrogens (tertiary/aromatic N) is 3. The van der Waals surface area contributed by atoms with E-state index in [1.54, 1.807) is 17.2 Å². The van der Waals surface area contributed by atoms with Crippen molar-refractivity contribution in [1.82, 2.24) is 14.8 Å². The zero-order chi connectivity index (χ0) is 9.26. The number of thiophene rings is 1. The summed E-state index contributed by atoms with van der Waals surface area (Å²) >= 11 is 1.43. The summed E-state index contributed by atoms with van der Waals surface area (Å²) in [6, 6.07) is 1.85. The van der Waals surface area contributed by atoms with Gasteiger partial charge in [-0.3, -0.25) is 9.36 Å². The fourth-order valence-corrected chi connectivity index (χ4v) is 2.04. The Labute approximate surface area is 78.8 Å². The molecule has 0 radical (unpaired) electrons. The summed E-state index contributed by atoms with van der Waals surface area (Å²) in [6.07, 6.45) is 4.09. The van der Waals surface area contributed by atoms with Gasteiger partial charge >= 0.3 is 0 Å². The van der Waals surface area contributed by atoms with Gasteiger partial charge in [-0.15, -0.1) is 21.5 Å². The first-order valence-corrected chi connectivity index (χ1v) is 4.53. The number of carbonyl (C=O) groups is 1. The van der Waals surface area contributed by atoms with E-state index >= 15 is 0 Å². The molecule has 0 atom stereocenters. The van der Waals surface area contributed by atoms with Gasteiger partial charge in [-0.05, 0) is 18.6 Å². The molecule has 0 saturated heterocycles. The van der Waals surface area contributed by atoms with E-state index in [1.807, 2.05) is 13.0 Å². The molecule has 2 aromatic heterocycles. The van der Waals surface area contributed by atoms with Crippen molar-refractivity contribution in [3.8, 4) is 5.00 Å². The van der Waals surface area contributed by atoms with Crippen molar-refractivity contribution in [1.29, 1.82) is 0 Å². The van der Waals surface area contributed by atoms with Crippen LogP contribution >= 0.6 is 11.3 Å². The number of hydrogen-bond acceptors (Lipinski definition) is 4. The van der Waals surface area contributed by atoms with E-state index in [9.17, 15) is 4.79 Å². The average Bonchev–Trinajstić information content (AvgIpc) is 2.72. The van der Waals surface area contributed by atoms with Crippen LogP contribution in [0.3, 0.4) is 0 Å². The predicted octanol–water partition coefficient (Wildman–Crippen LogP) is 1.45. The molecular weight excluding hydrogens is 186 g/mol. The van der Waals surface area contributed by atoms with Gasteiger partial charge in [0.1, 0.15) is 17.7 Å². The molecule has 0 fully saturated rings. The molecule has 0 bridgehead atoms. The van der Waals surface area contributed by atoms with Crippen molar-refractivity contribution >= 4 is 17.6 Å².